The van der Waals surface area contributed by atoms with E-state index in [1.165, 1.54) is 0 Å². The van der Waals surface area contributed by atoms with Crippen molar-refractivity contribution >= 4 is 34.8 Å². The molecule has 0 heterocycles. The van der Waals surface area contributed by atoms with Crippen molar-refractivity contribution < 1.29 is 9.53 Å². The van der Waals surface area contributed by atoms with Crippen LogP contribution >= 0.6 is 23.2 Å². The zero-order valence-electron chi connectivity index (χ0n) is 11.6. The van der Waals surface area contributed by atoms with Crippen LogP contribution in [0.5, 0.6) is 5.75 Å². The number of nitrogens with zero attached hydrogens (tertiary/aromatic N) is 1. The first kappa shape index (κ1) is 16.2. The smallest absolute Gasteiger partial charge is 0.265 e. The van der Waals surface area contributed by atoms with Crippen LogP contribution in [0.1, 0.15) is 12.5 Å². The maximum atomic E-state index is 12.1. The van der Waals surface area contributed by atoms with Gasteiger partial charge in [0.1, 0.15) is 10.8 Å². The van der Waals surface area contributed by atoms with Crippen molar-refractivity contribution in [2.24, 2.45) is 0 Å². The summed E-state index contributed by atoms with van der Waals surface area (Å²) >= 11 is 11.9. The molecule has 6 heteroatoms. The fourth-order valence-electron chi connectivity index (χ4n) is 1.73. The molecule has 1 N–H and O–H groups in total. The molecule has 0 saturated heterocycles. The molecule has 2 rings (SSSR count). The number of carbonyl (C=O) groups is 1. The first-order valence-electron chi connectivity index (χ1n) is 6.43. The van der Waals surface area contributed by atoms with Gasteiger partial charge in [-0.2, -0.15) is 5.26 Å². The Morgan fingerprint density at radius 3 is 2.73 bits per heavy atom. The largest absolute Gasteiger partial charge is 0.479 e. The summed E-state index contributed by atoms with van der Waals surface area (Å²) in [6.07, 6.45) is -0.776. The van der Waals surface area contributed by atoms with E-state index >= 15 is 0 Å². The molecule has 0 spiro atoms. The molecule has 112 valence electrons. The molecular formula is C16H12Cl2N2O2. The second kappa shape index (κ2) is 7.17. The molecule has 1 atom stereocenters. The summed E-state index contributed by atoms with van der Waals surface area (Å²) in [5.74, 6) is -0.0197. The zero-order chi connectivity index (χ0) is 16.1. The number of nitriles is 1. The van der Waals surface area contributed by atoms with Gasteiger partial charge in [0.05, 0.1) is 16.7 Å². The van der Waals surface area contributed by atoms with E-state index in [1.54, 1.807) is 49.4 Å². The van der Waals surface area contributed by atoms with Gasteiger partial charge in [-0.1, -0.05) is 35.3 Å². The molecule has 2 aromatic rings. The third-order valence-corrected chi connectivity index (χ3v) is 3.65. The summed E-state index contributed by atoms with van der Waals surface area (Å²) < 4.78 is 5.52. The number of anilines is 1. The van der Waals surface area contributed by atoms with E-state index in [2.05, 4.69) is 5.32 Å². The van der Waals surface area contributed by atoms with Gasteiger partial charge in [-0.25, -0.2) is 0 Å². The summed E-state index contributed by atoms with van der Waals surface area (Å²) in [6.45, 7) is 1.60. The maximum Gasteiger partial charge on any atom is 0.265 e. The number of halogens is 2. The normalized spacial score (nSPS) is 11.4. The summed E-state index contributed by atoms with van der Waals surface area (Å²) in [5, 5.41) is 12.1. The Labute approximate surface area is 138 Å². The number of nitrogens with one attached hydrogen (secondary N) is 1. The van der Waals surface area contributed by atoms with Crippen molar-refractivity contribution in [2.75, 3.05) is 5.32 Å². The van der Waals surface area contributed by atoms with Crippen LogP contribution in [0.15, 0.2) is 42.5 Å². The topological polar surface area (TPSA) is 62.1 Å². The average molecular weight is 335 g/mol. The van der Waals surface area contributed by atoms with Gasteiger partial charge < -0.3 is 10.1 Å². The fourth-order valence-corrected chi connectivity index (χ4v) is 2.07. The summed E-state index contributed by atoms with van der Waals surface area (Å²) in [7, 11) is 0. The minimum Gasteiger partial charge on any atom is -0.479 e. The fraction of sp³-hybridized carbons (Fsp3) is 0.125. The molecule has 0 fully saturated rings. The van der Waals surface area contributed by atoms with Crippen LogP contribution in [-0.2, 0) is 4.79 Å². The molecule has 4 nitrogen and oxygen atoms in total. The van der Waals surface area contributed by atoms with Crippen molar-refractivity contribution in [3.63, 3.8) is 0 Å². The number of ether oxygens (including phenoxy) is 1. The van der Waals surface area contributed by atoms with Crippen molar-refractivity contribution in [3.8, 4) is 11.8 Å². The van der Waals surface area contributed by atoms with Crippen LogP contribution in [0.2, 0.25) is 10.0 Å². The Bertz CT molecular complexity index is 741. The van der Waals surface area contributed by atoms with Gasteiger partial charge in [0.25, 0.3) is 5.91 Å². The highest BCUT2D eigenvalue weighted by atomic mass is 35.5. The molecule has 1 unspecified atom stereocenters. The van der Waals surface area contributed by atoms with Crippen LogP contribution in [0, 0.1) is 11.3 Å². The summed E-state index contributed by atoms with van der Waals surface area (Å²) in [6, 6.07) is 13.6. The second-order valence-electron chi connectivity index (χ2n) is 4.49. The Morgan fingerprint density at radius 1 is 1.27 bits per heavy atom. The van der Waals surface area contributed by atoms with E-state index in [0.29, 0.717) is 22.0 Å². The molecule has 0 aliphatic heterocycles. The monoisotopic (exact) mass is 334 g/mol. The molecular weight excluding hydrogens is 323 g/mol. The minimum absolute atomic E-state index is 0.260. The Hall–Kier alpha value is -2.22. The molecule has 0 aliphatic carbocycles. The highest BCUT2D eigenvalue weighted by Gasteiger charge is 2.17. The van der Waals surface area contributed by atoms with Crippen molar-refractivity contribution in [1.29, 1.82) is 5.26 Å². The predicted octanol–water partition coefficient (Wildman–Crippen LogP) is 4.27. The van der Waals surface area contributed by atoms with E-state index in [1.807, 2.05) is 6.07 Å². The van der Waals surface area contributed by atoms with E-state index in [4.69, 9.17) is 33.2 Å². The molecule has 0 radical (unpaired) electrons. The van der Waals surface area contributed by atoms with Gasteiger partial charge in [-0.15, -0.1) is 0 Å². The van der Waals surface area contributed by atoms with Crippen LogP contribution in [0.25, 0.3) is 0 Å². The quantitative estimate of drug-likeness (QED) is 0.907. The first-order valence-corrected chi connectivity index (χ1v) is 7.18. The third kappa shape index (κ3) is 3.91. The van der Waals surface area contributed by atoms with Gasteiger partial charge in [-0.05, 0) is 37.3 Å². The standard InChI is InChI=1S/C16H12Cl2N2O2/c1-10(22-14-7-3-6-13(17)15(14)18)16(21)20-12-5-2-4-11(8-12)9-19/h2-8,10H,1H3,(H,20,21). The first-order chi connectivity index (χ1) is 10.5. The number of benzene rings is 2. The van der Waals surface area contributed by atoms with Gasteiger partial charge in [0, 0.05) is 5.69 Å². The number of hydrogen-bond acceptors (Lipinski definition) is 3. The lowest BCUT2D eigenvalue weighted by atomic mass is 10.2. The highest BCUT2D eigenvalue weighted by molar-refractivity contribution is 6.42. The molecule has 1 amide bonds. The zero-order valence-corrected chi connectivity index (χ0v) is 13.2. The Morgan fingerprint density at radius 2 is 2.00 bits per heavy atom. The lowest BCUT2D eigenvalue weighted by molar-refractivity contribution is -0.122. The summed E-state index contributed by atoms with van der Waals surface area (Å²) in [4.78, 5) is 12.1. The van der Waals surface area contributed by atoms with Gasteiger partial charge >= 0.3 is 0 Å². The molecule has 0 aliphatic rings. The Kier molecular flexibility index (Phi) is 5.26. The predicted molar refractivity (Wildman–Crippen MR) is 86.3 cm³/mol. The van der Waals surface area contributed by atoms with E-state index in [0.717, 1.165) is 0 Å². The minimum atomic E-state index is -0.776. The highest BCUT2D eigenvalue weighted by Crippen LogP contribution is 2.32. The third-order valence-electron chi connectivity index (χ3n) is 2.85. The van der Waals surface area contributed by atoms with Crippen molar-refractivity contribution in [2.45, 2.75) is 13.0 Å². The van der Waals surface area contributed by atoms with Gasteiger partial charge in [0.2, 0.25) is 0 Å². The molecule has 0 saturated carbocycles. The second-order valence-corrected chi connectivity index (χ2v) is 5.28. The molecule has 0 aromatic heterocycles. The van der Waals surface area contributed by atoms with E-state index < -0.39 is 6.10 Å². The summed E-state index contributed by atoms with van der Waals surface area (Å²) in [5.41, 5.74) is 0.987. The van der Waals surface area contributed by atoms with Crippen LogP contribution in [-0.4, -0.2) is 12.0 Å². The SMILES string of the molecule is CC(Oc1cccc(Cl)c1Cl)C(=O)Nc1cccc(C#N)c1. The van der Waals surface area contributed by atoms with Crippen molar-refractivity contribution in [1.82, 2.24) is 0 Å². The van der Waals surface area contributed by atoms with E-state index in [9.17, 15) is 4.79 Å². The lowest BCUT2D eigenvalue weighted by Gasteiger charge is -2.16. The van der Waals surface area contributed by atoms with Crippen LogP contribution in [0.4, 0.5) is 5.69 Å². The maximum absolute atomic E-state index is 12.1. The number of carbonyl (C=O) groups excluding carboxylic acids is 1. The average Bonchev–Trinajstić information content (AvgIpc) is 2.52. The molecule has 2 aromatic carbocycles. The Balaban J connectivity index is 2.06. The van der Waals surface area contributed by atoms with Gasteiger partial charge in [-0.3, -0.25) is 4.79 Å². The number of hydrogen-bond donors (Lipinski definition) is 1. The van der Waals surface area contributed by atoms with Crippen molar-refractivity contribution in [3.05, 3.63) is 58.1 Å². The number of amides is 1. The van der Waals surface area contributed by atoms with Gasteiger partial charge in [0.15, 0.2) is 6.10 Å². The van der Waals surface area contributed by atoms with E-state index in [-0.39, 0.29) is 10.9 Å². The van der Waals surface area contributed by atoms with Crippen LogP contribution in [0.3, 0.4) is 0 Å². The lowest BCUT2D eigenvalue weighted by Crippen LogP contribution is -2.30. The number of rotatable bonds is 4. The molecule has 22 heavy (non-hydrogen) atoms. The molecule has 0 bridgehead atoms. The van der Waals surface area contributed by atoms with Crippen LogP contribution < -0.4 is 10.1 Å².